The maximum atomic E-state index is 11.7. The lowest BCUT2D eigenvalue weighted by molar-refractivity contribution is -0.121. The molecule has 3 nitrogen and oxygen atoms in total. The van der Waals surface area contributed by atoms with Gasteiger partial charge < -0.3 is 10.6 Å². The zero-order valence-electron chi connectivity index (χ0n) is 12.5. The molecule has 0 fully saturated rings. The van der Waals surface area contributed by atoms with E-state index in [2.05, 4.69) is 16.7 Å². The number of carbonyl (C=O) groups is 1. The Morgan fingerprint density at radius 2 is 1.73 bits per heavy atom. The number of benzene rings is 2. The van der Waals surface area contributed by atoms with Gasteiger partial charge in [-0.2, -0.15) is 0 Å². The third kappa shape index (κ3) is 6.29. The summed E-state index contributed by atoms with van der Waals surface area (Å²) in [7, 11) is 0. The number of hydrogen-bond donors (Lipinski definition) is 2. The summed E-state index contributed by atoms with van der Waals surface area (Å²) in [5.41, 5.74) is 2.32. The van der Waals surface area contributed by atoms with Gasteiger partial charge in [0.15, 0.2) is 0 Å². The molecule has 0 spiro atoms. The maximum absolute atomic E-state index is 11.7. The van der Waals surface area contributed by atoms with Crippen molar-refractivity contribution >= 4 is 17.5 Å². The minimum Gasteiger partial charge on any atom is -0.352 e. The van der Waals surface area contributed by atoms with Crippen molar-refractivity contribution in [3.8, 4) is 0 Å². The Morgan fingerprint density at radius 3 is 2.50 bits per heavy atom. The second-order valence-electron chi connectivity index (χ2n) is 5.14. The highest BCUT2D eigenvalue weighted by molar-refractivity contribution is 6.30. The number of rotatable bonds is 8. The third-order valence-corrected chi connectivity index (χ3v) is 3.58. The largest absolute Gasteiger partial charge is 0.352 e. The van der Waals surface area contributed by atoms with Crippen molar-refractivity contribution in [1.82, 2.24) is 10.6 Å². The molecule has 2 rings (SSSR count). The average molecular weight is 317 g/mol. The molecule has 0 aliphatic carbocycles. The molecular weight excluding hydrogens is 296 g/mol. The summed E-state index contributed by atoms with van der Waals surface area (Å²) >= 11 is 5.94. The molecule has 4 heteroatoms. The fourth-order valence-corrected chi connectivity index (χ4v) is 2.35. The molecule has 0 aromatic heterocycles. The average Bonchev–Trinajstić information content (AvgIpc) is 2.54. The van der Waals surface area contributed by atoms with Crippen LogP contribution in [0.5, 0.6) is 0 Å². The normalized spacial score (nSPS) is 10.4. The van der Waals surface area contributed by atoms with Crippen molar-refractivity contribution in [2.75, 3.05) is 13.1 Å². The van der Waals surface area contributed by atoms with E-state index in [0.29, 0.717) is 19.5 Å². The molecule has 0 saturated heterocycles. The van der Waals surface area contributed by atoms with Gasteiger partial charge in [-0.25, -0.2) is 0 Å². The van der Waals surface area contributed by atoms with Crippen LogP contribution in [0.25, 0.3) is 0 Å². The molecule has 116 valence electrons. The Morgan fingerprint density at radius 1 is 0.955 bits per heavy atom. The van der Waals surface area contributed by atoms with E-state index in [1.54, 1.807) is 0 Å². The highest BCUT2D eigenvalue weighted by Gasteiger charge is 2.01. The zero-order valence-corrected chi connectivity index (χ0v) is 13.3. The van der Waals surface area contributed by atoms with Crippen LogP contribution >= 0.6 is 11.6 Å². The summed E-state index contributed by atoms with van der Waals surface area (Å²) in [4.78, 5) is 11.7. The van der Waals surface area contributed by atoms with Crippen LogP contribution in [-0.2, 0) is 17.8 Å². The summed E-state index contributed by atoms with van der Waals surface area (Å²) < 4.78 is 0. The van der Waals surface area contributed by atoms with E-state index in [4.69, 9.17) is 11.6 Å². The topological polar surface area (TPSA) is 41.1 Å². The summed E-state index contributed by atoms with van der Waals surface area (Å²) in [6.07, 6.45) is 1.40. The van der Waals surface area contributed by atoms with Crippen LogP contribution in [0.2, 0.25) is 5.02 Å². The predicted molar refractivity (Wildman–Crippen MR) is 90.9 cm³/mol. The number of nitrogens with one attached hydrogen (secondary N) is 2. The minimum atomic E-state index is 0.0686. The summed E-state index contributed by atoms with van der Waals surface area (Å²) in [6, 6.07) is 17.8. The maximum Gasteiger partial charge on any atom is 0.221 e. The van der Waals surface area contributed by atoms with E-state index < -0.39 is 0 Å². The second kappa shape index (κ2) is 9.23. The predicted octanol–water partition coefficient (Wildman–Crippen LogP) is 3.18. The van der Waals surface area contributed by atoms with Gasteiger partial charge in [0, 0.05) is 24.5 Å². The van der Waals surface area contributed by atoms with E-state index in [9.17, 15) is 4.79 Å². The van der Waals surface area contributed by atoms with E-state index in [0.717, 1.165) is 23.6 Å². The van der Waals surface area contributed by atoms with Gasteiger partial charge in [0.25, 0.3) is 0 Å². The third-order valence-electron chi connectivity index (χ3n) is 3.34. The Balaban J connectivity index is 1.55. The van der Waals surface area contributed by atoms with E-state index in [1.165, 1.54) is 5.56 Å². The molecule has 0 atom stereocenters. The van der Waals surface area contributed by atoms with Crippen molar-refractivity contribution in [2.45, 2.75) is 19.4 Å². The van der Waals surface area contributed by atoms with Gasteiger partial charge in [-0.05, 0) is 36.2 Å². The first-order chi connectivity index (χ1) is 10.7. The molecule has 0 unspecified atom stereocenters. The smallest absolute Gasteiger partial charge is 0.221 e. The number of hydrogen-bond acceptors (Lipinski definition) is 2. The molecule has 0 bridgehead atoms. The number of carbonyl (C=O) groups excluding carboxylic acids is 1. The molecule has 2 aromatic carbocycles. The van der Waals surface area contributed by atoms with Gasteiger partial charge in [0.1, 0.15) is 0 Å². The molecule has 1 amide bonds. The van der Waals surface area contributed by atoms with E-state index >= 15 is 0 Å². The Bertz CT molecular complexity index is 587. The fourth-order valence-electron chi connectivity index (χ4n) is 2.14. The second-order valence-corrected chi connectivity index (χ2v) is 5.58. The first-order valence-electron chi connectivity index (χ1n) is 7.50. The Labute approximate surface area is 136 Å². The lowest BCUT2D eigenvalue weighted by Crippen LogP contribution is -2.28. The molecule has 0 heterocycles. The molecule has 2 N–H and O–H groups in total. The molecular formula is C18H21ClN2O. The van der Waals surface area contributed by atoms with Gasteiger partial charge in [-0.3, -0.25) is 4.79 Å². The molecule has 0 aliphatic heterocycles. The number of halogens is 1. The van der Waals surface area contributed by atoms with Crippen LogP contribution in [0, 0.1) is 0 Å². The lowest BCUT2D eigenvalue weighted by atomic mass is 10.1. The molecule has 0 saturated carbocycles. The fraction of sp³-hybridized carbons (Fsp3) is 0.278. The first kappa shape index (κ1) is 16.5. The van der Waals surface area contributed by atoms with Gasteiger partial charge >= 0.3 is 0 Å². The summed E-state index contributed by atoms with van der Waals surface area (Å²) in [5, 5.41) is 6.96. The van der Waals surface area contributed by atoms with E-state index in [1.807, 2.05) is 48.5 Å². The zero-order chi connectivity index (χ0) is 15.6. The molecule has 2 aromatic rings. The van der Waals surface area contributed by atoms with Gasteiger partial charge in [0.05, 0.1) is 0 Å². The van der Waals surface area contributed by atoms with Gasteiger partial charge in [0.2, 0.25) is 5.91 Å². The lowest BCUT2D eigenvalue weighted by Gasteiger charge is -2.07. The van der Waals surface area contributed by atoms with Crippen molar-refractivity contribution in [2.24, 2.45) is 0 Å². The van der Waals surface area contributed by atoms with Crippen LogP contribution < -0.4 is 10.6 Å². The van der Waals surface area contributed by atoms with Gasteiger partial charge in [-0.15, -0.1) is 0 Å². The van der Waals surface area contributed by atoms with Crippen LogP contribution in [0.4, 0.5) is 0 Å². The Kier molecular flexibility index (Phi) is 6.94. The minimum absolute atomic E-state index is 0.0686. The highest BCUT2D eigenvalue weighted by Crippen LogP contribution is 2.10. The molecule has 0 aliphatic rings. The summed E-state index contributed by atoms with van der Waals surface area (Å²) in [5.74, 6) is 0.0686. The van der Waals surface area contributed by atoms with E-state index in [-0.39, 0.29) is 5.91 Å². The van der Waals surface area contributed by atoms with Crippen molar-refractivity contribution in [3.63, 3.8) is 0 Å². The van der Waals surface area contributed by atoms with Crippen LogP contribution in [-0.4, -0.2) is 19.0 Å². The highest BCUT2D eigenvalue weighted by atomic mass is 35.5. The first-order valence-corrected chi connectivity index (χ1v) is 7.87. The van der Waals surface area contributed by atoms with Crippen LogP contribution in [0.3, 0.4) is 0 Å². The quantitative estimate of drug-likeness (QED) is 0.734. The Hall–Kier alpha value is -1.84. The van der Waals surface area contributed by atoms with Gasteiger partial charge in [-0.1, -0.05) is 54.1 Å². The molecule has 22 heavy (non-hydrogen) atoms. The SMILES string of the molecule is O=C(CCNCCc1cccc(Cl)c1)NCc1ccccc1. The van der Waals surface area contributed by atoms with Crippen LogP contribution in [0.1, 0.15) is 17.5 Å². The summed E-state index contributed by atoms with van der Waals surface area (Å²) in [6.45, 7) is 2.11. The van der Waals surface area contributed by atoms with Crippen LogP contribution in [0.15, 0.2) is 54.6 Å². The standard InChI is InChI=1S/C18H21ClN2O/c19-17-8-4-7-15(13-17)9-11-20-12-10-18(22)21-14-16-5-2-1-3-6-16/h1-8,13,20H,9-12,14H2,(H,21,22). The van der Waals surface area contributed by atoms with Crippen molar-refractivity contribution in [3.05, 3.63) is 70.7 Å². The monoisotopic (exact) mass is 316 g/mol. The number of amides is 1. The van der Waals surface area contributed by atoms with Crippen molar-refractivity contribution < 1.29 is 4.79 Å². The van der Waals surface area contributed by atoms with Crippen molar-refractivity contribution in [1.29, 1.82) is 0 Å². The molecule has 0 radical (unpaired) electrons.